The normalized spacial score (nSPS) is 27.8. The minimum Gasteiger partial charge on any atom is -0.490 e. The lowest BCUT2D eigenvalue weighted by atomic mass is 9.68. The van der Waals surface area contributed by atoms with E-state index in [4.69, 9.17) is 25.9 Å². The monoisotopic (exact) mass is 728 g/mol. The lowest BCUT2D eigenvalue weighted by Crippen LogP contribution is -2.52. The first kappa shape index (κ1) is 36.4. The van der Waals surface area contributed by atoms with E-state index < -0.39 is 24.3 Å². The van der Waals surface area contributed by atoms with Gasteiger partial charge in [0.05, 0.1) is 29.7 Å². The van der Waals surface area contributed by atoms with Crippen molar-refractivity contribution in [2.24, 2.45) is 28.8 Å². The molecule has 0 saturated heterocycles. The first-order valence-electron chi connectivity index (χ1n) is 17.9. The number of sulfonamides is 1. The number of anilines is 1. The van der Waals surface area contributed by atoms with Crippen LogP contribution in [-0.2, 0) is 26.3 Å². The van der Waals surface area contributed by atoms with Crippen LogP contribution in [0.1, 0.15) is 80.8 Å². The van der Waals surface area contributed by atoms with Gasteiger partial charge in [0.2, 0.25) is 10.0 Å². The highest BCUT2D eigenvalue weighted by Crippen LogP contribution is 2.48. The van der Waals surface area contributed by atoms with Gasteiger partial charge in [0, 0.05) is 23.5 Å². The van der Waals surface area contributed by atoms with Gasteiger partial charge in [-0.05, 0) is 128 Å². The van der Waals surface area contributed by atoms with E-state index in [0.717, 1.165) is 74.5 Å². The summed E-state index contributed by atoms with van der Waals surface area (Å²) in [7, 11) is -5.68. The third-order valence-electron chi connectivity index (χ3n) is 12.3. The Balaban J connectivity index is 1.31. The van der Waals surface area contributed by atoms with Gasteiger partial charge in [0.15, 0.2) is 8.32 Å². The van der Waals surface area contributed by atoms with E-state index in [1.54, 1.807) is 12.1 Å². The number of ether oxygens (including phenoxy) is 1. The van der Waals surface area contributed by atoms with Crippen molar-refractivity contribution in [1.29, 1.82) is 0 Å². The summed E-state index contributed by atoms with van der Waals surface area (Å²) in [6.07, 6.45) is 11.3. The van der Waals surface area contributed by atoms with Crippen LogP contribution < -0.4 is 14.8 Å². The summed E-state index contributed by atoms with van der Waals surface area (Å²) in [5.74, 6) is 0.638. The molecule has 0 aromatic heterocycles. The van der Waals surface area contributed by atoms with Crippen LogP contribution in [0.3, 0.4) is 0 Å². The van der Waals surface area contributed by atoms with E-state index in [1.807, 2.05) is 12.1 Å². The molecule has 3 N–H and O–H groups in total. The molecule has 2 fully saturated rings. The van der Waals surface area contributed by atoms with Crippen molar-refractivity contribution in [3.63, 3.8) is 0 Å². The number of aromatic carboxylic acids is 1. The van der Waals surface area contributed by atoms with Gasteiger partial charge < -0.3 is 19.2 Å². The third kappa shape index (κ3) is 7.78. The molecular formula is C38H53ClN2O6SSi. The van der Waals surface area contributed by atoms with Crippen LogP contribution in [0.4, 0.5) is 5.69 Å². The Morgan fingerprint density at radius 1 is 1.16 bits per heavy atom. The number of fused-ring (bicyclic) bond motifs is 3. The van der Waals surface area contributed by atoms with E-state index in [2.05, 4.69) is 63.0 Å². The third-order valence-corrected chi connectivity index (χ3v) is 17.9. The molecule has 11 heteroatoms. The summed E-state index contributed by atoms with van der Waals surface area (Å²) in [6.45, 7) is 13.4. The van der Waals surface area contributed by atoms with E-state index in [9.17, 15) is 18.3 Å². The molecule has 2 aromatic carbocycles. The molecule has 1 aliphatic heterocycles. The molecule has 1 heterocycles. The molecule has 49 heavy (non-hydrogen) atoms. The number of halogens is 1. The highest BCUT2D eigenvalue weighted by atomic mass is 35.5. The van der Waals surface area contributed by atoms with Gasteiger partial charge >= 0.3 is 5.97 Å². The molecule has 2 aromatic rings. The fourth-order valence-electron chi connectivity index (χ4n) is 8.18. The first-order chi connectivity index (χ1) is 22.9. The number of benzene rings is 2. The Morgan fingerprint density at radius 3 is 2.55 bits per heavy atom. The number of aryl methyl sites for hydroxylation is 1. The molecule has 0 bridgehead atoms. The SMILES string of the molecule is CC(C)(C)[Si](C)(C)OC(/C=C/[C@@H]1CC[C@H]1CS(N)(=O)=O)[C@@H]1CC[C@H]1CN1CC2(CCCc3cc(Cl)ccc32)COc2ccc(C(=O)O)cc21. The maximum Gasteiger partial charge on any atom is 0.335 e. The first-order valence-corrected chi connectivity index (χ1v) is 22.9. The van der Waals surface area contributed by atoms with Crippen LogP contribution in [0.15, 0.2) is 48.6 Å². The smallest absolute Gasteiger partial charge is 0.335 e. The van der Waals surface area contributed by atoms with Crippen molar-refractivity contribution in [3.8, 4) is 5.75 Å². The summed E-state index contributed by atoms with van der Waals surface area (Å²) in [5, 5.41) is 16.1. The van der Waals surface area contributed by atoms with Gasteiger partial charge in [-0.1, -0.05) is 50.6 Å². The van der Waals surface area contributed by atoms with Crippen LogP contribution in [0.2, 0.25) is 23.2 Å². The number of nitrogens with two attached hydrogens (primary N) is 1. The number of hydrogen-bond donors (Lipinski definition) is 2. The maximum atomic E-state index is 12.1. The zero-order valence-corrected chi connectivity index (χ0v) is 32.2. The minimum atomic E-state index is -3.52. The zero-order chi connectivity index (χ0) is 35.4. The fraction of sp³-hybridized carbons (Fsp3) is 0.605. The van der Waals surface area contributed by atoms with Crippen molar-refractivity contribution in [1.82, 2.24) is 0 Å². The number of carboxylic acids is 1. The van der Waals surface area contributed by atoms with Gasteiger partial charge in [-0.3, -0.25) is 0 Å². The second-order valence-corrected chi connectivity index (χ2v) is 23.5. The van der Waals surface area contributed by atoms with Gasteiger partial charge in [0.1, 0.15) is 5.75 Å². The number of nitrogens with zero attached hydrogens (tertiary/aromatic N) is 1. The van der Waals surface area contributed by atoms with Gasteiger partial charge in [0.25, 0.3) is 0 Å². The van der Waals surface area contributed by atoms with Gasteiger partial charge in [-0.2, -0.15) is 0 Å². The lowest BCUT2D eigenvalue weighted by Gasteiger charge is -2.48. The Labute approximate surface area is 298 Å². The number of primary sulfonamides is 1. The largest absolute Gasteiger partial charge is 0.490 e. The number of carbonyl (C=O) groups is 1. The fourth-order valence-corrected chi connectivity index (χ4v) is 10.7. The minimum absolute atomic E-state index is 0.0215. The highest BCUT2D eigenvalue weighted by Gasteiger charge is 2.47. The van der Waals surface area contributed by atoms with E-state index in [0.29, 0.717) is 12.5 Å². The summed E-state index contributed by atoms with van der Waals surface area (Å²) < 4.78 is 37.5. The second kappa shape index (κ2) is 13.6. The van der Waals surface area contributed by atoms with Crippen LogP contribution in [0, 0.1) is 23.7 Å². The number of hydrogen-bond acceptors (Lipinski definition) is 6. The van der Waals surface area contributed by atoms with E-state index in [-0.39, 0.29) is 45.6 Å². The Bertz CT molecular complexity index is 1710. The van der Waals surface area contributed by atoms with Gasteiger partial charge in [-0.15, -0.1) is 0 Å². The van der Waals surface area contributed by atoms with E-state index >= 15 is 0 Å². The van der Waals surface area contributed by atoms with Crippen molar-refractivity contribution in [3.05, 3.63) is 70.3 Å². The predicted molar refractivity (Wildman–Crippen MR) is 199 cm³/mol. The summed E-state index contributed by atoms with van der Waals surface area (Å²) in [5.41, 5.74) is 3.38. The van der Waals surface area contributed by atoms with Crippen LogP contribution >= 0.6 is 11.6 Å². The molecule has 3 aliphatic carbocycles. The van der Waals surface area contributed by atoms with Crippen molar-refractivity contribution in [2.45, 2.75) is 95.4 Å². The molecule has 4 aliphatic rings. The maximum absolute atomic E-state index is 12.1. The van der Waals surface area contributed by atoms with Crippen molar-refractivity contribution >= 4 is 41.6 Å². The van der Waals surface area contributed by atoms with Crippen LogP contribution in [0.25, 0.3) is 0 Å². The summed E-state index contributed by atoms with van der Waals surface area (Å²) in [4.78, 5) is 14.5. The summed E-state index contributed by atoms with van der Waals surface area (Å²) >= 11 is 6.45. The number of carboxylic acid groups (broad SMARTS) is 1. The number of allylic oxidation sites excluding steroid dienone is 1. The average Bonchev–Trinajstić information content (AvgIpc) is 3.13. The van der Waals surface area contributed by atoms with Crippen molar-refractivity contribution < 1.29 is 27.5 Å². The zero-order valence-electron chi connectivity index (χ0n) is 29.6. The van der Waals surface area contributed by atoms with Crippen LogP contribution in [0.5, 0.6) is 5.75 Å². The molecule has 1 spiro atoms. The molecule has 0 radical (unpaired) electrons. The molecule has 8 nitrogen and oxygen atoms in total. The molecule has 6 atom stereocenters. The number of rotatable bonds is 10. The quantitative estimate of drug-likeness (QED) is 0.189. The van der Waals surface area contributed by atoms with Gasteiger partial charge in [-0.25, -0.2) is 18.4 Å². The second-order valence-electron chi connectivity index (χ2n) is 16.7. The van der Waals surface area contributed by atoms with Crippen molar-refractivity contribution in [2.75, 3.05) is 30.3 Å². The van der Waals surface area contributed by atoms with Crippen LogP contribution in [-0.4, -0.2) is 59.4 Å². The molecule has 2 unspecified atom stereocenters. The predicted octanol–water partition coefficient (Wildman–Crippen LogP) is 7.80. The lowest BCUT2D eigenvalue weighted by molar-refractivity contribution is 0.0519. The molecule has 2 saturated carbocycles. The topological polar surface area (TPSA) is 119 Å². The molecule has 0 amide bonds. The molecule has 268 valence electrons. The molecular weight excluding hydrogens is 676 g/mol. The Kier molecular flexibility index (Phi) is 10.1. The standard InChI is InChI=1S/C38H53ClN2O6SSi/c1-37(2,3)49(4,5)47-34(16-11-25-8-9-29(25)22-48(40,44)45)31-14-10-28(31)21-41-23-38(18-6-7-26-19-30(39)13-15-32(26)38)24-46-35-17-12-27(36(42)43)20-33(35)41/h11-13,15-17,19-20,25,28-29,31,34H,6-10,14,18,21-24H2,1-5H3,(H,42,43)(H2,40,44,45)/b16-11+/t25-,28-,29-,31+,34?,38?/m0/s1. The Hall–Kier alpha value is -2.37. The Morgan fingerprint density at radius 2 is 1.92 bits per heavy atom. The molecule has 6 rings (SSSR count). The summed E-state index contributed by atoms with van der Waals surface area (Å²) in [6, 6.07) is 11.5. The highest BCUT2D eigenvalue weighted by molar-refractivity contribution is 7.89. The average molecular weight is 729 g/mol. The van der Waals surface area contributed by atoms with E-state index in [1.165, 1.54) is 11.1 Å².